The lowest BCUT2D eigenvalue weighted by Gasteiger charge is -2.26. The fourth-order valence-electron chi connectivity index (χ4n) is 2.52. The number of amides is 2. The zero-order valence-electron chi connectivity index (χ0n) is 13.2. The summed E-state index contributed by atoms with van der Waals surface area (Å²) in [5, 5.41) is 7.88. The van der Waals surface area contributed by atoms with Crippen molar-refractivity contribution in [2.75, 3.05) is 16.0 Å². The first-order valence-corrected chi connectivity index (χ1v) is 7.95. The molecule has 26 heavy (non-hydrogen) atoms. The number of hydrogen-bond donors (Lipinski definition) is 3. The van der Waals surface area contributed by atoms with E-state index in [1.807, 2.05) is 0 Å². The van der Waals surface area contributed by atoms with Crippen LogP contribution in [0, 0.1) is 0 Å². The van der Waals surface area contributed by atoms with E-state index in [9.17, 15) is 22.8 Å². The maximum atomic E-state index is 12.8. The smallest absolute Gasteiger partial charge is 0.372 e. The minimum Gasteiger partial charge on any atom is -0.372 e. The van der Waals surface area contributed by atoms with E-state index in [0.717, 1.165) is 18.2 Å². The highest BCUT2D eigenvalue weighted by Gasteiger charge is 2.31. The Labute approximate surface area is 151 Å². The molecule has 0 aromatic heterocycles. The molecule has 1 atom stereocenters. The lowest BCUT2D eigenvalue weighted by molar-refractivity contribution is -0.137. The number of benzene rings is 2. The number of halogens is 4. The van der Waals surface area contributed by atoms with Crippen molar-refractivity contribution in [1.82, 2.24) is 0 Å². The molecule has 0 unspecified atom stereocenters. The summed E-state index contributed by atoms with van der Waals surface area (Å²) in [7, 11) is 0. The van der Waals surface area contributed by atoms with Crippen LogP contribution in [-0.4, -0.2) is 17.9 Å². The van der Waals surface area contributed by atoms with E-state index in [4.69, 9.17) is 11.6 Å². The first-order valence-electron chi connectivity index (χ1n) is 7.57. The van der Waals surface area contributed by atoms with E-state index in [-0.39, 0.29) is 17.1 Å². The summed E-state index contributed by atoms with van der Waals surface area (Å²) in [6, 6.07) is 8.75. The highest BCUT2D eigenvalue weighted by molar-refractivity contribution is 6.33. The summed E-state index contributed by atoms with van der Waals surface area (Å²) in [5.74, 6) is -1.05. The minimum atomic E-state index is -4.56. The molecule has 0 saturated carbocycles. The Morgan fingerprint density at radius 3 is 2.54 bits per heavy atom. The van der Waals surface area contributed by atoms with Crippen molar-refractivity contribution in [3.8, 4) is 0 Å². The van der Waals surface area contributed by atoms with Gasteiger partial charge in [-0.2, -0.15) is 13.2 Å². The Morgan fingerprint density at radius 1 is 1.15 bits per heavy atom. The Bertz CT molecular complexity index is 871. The Hall–Kier alpha value is -2.74. The van der Waals surface area contributed by atoms with Gasteiger partial charge in [0.15, 0.2) is 0 Å². The van der Waals surface area contributed by atoms with Crippen LogP contribution < -0.4 is 16.0 Å². The zero-order chi connectivity index (χ0) is 18.9. The van der Waals surface area contributed by atoms with Gasteiger partial charge >= 0.3 is 6.18 Å². The molecule has 3 N–H and O–H groups in total. The van der Waals surface area contributed by atoms with Crippen LogP contribution in [0.2, 0.25) is 5.02 Å². The van der Waals surface area contributed by atoms with Crippen molar-refractivity contribution in [2.45, 2.75) is 18.6 Å². The molecule has 5 nitrogen and oxygen atoms in total. The summed E-state index contributed by atoms with van der Waals surface area (Å²) in [6.07, 6.45) is -4.83. The predicted octanol–water partition coefficient (Wildman–Crippen LogP) is 4.12. The van der Waals surface area contributed by atoms with Gasteiger partial charge in [0.25, 0.3) is 0 Å². The topological polar surface area (TPSA) is 70.2 Å². The molecule has 0 aliphatic carbocycles. The largest absolute Gasteiger partial charge is 0.416 e. The molecule has 9 heteroatoms. The van der Waals surface area contributed by atoms with Crippen LogP contribution in [0.25, 0.3) is 0 Å². The van der Waals surface area contributed by atoms with Crippen LogP contribution in [0.15, 0.2) is 42.5 Å². The summed E-state index contributed by atoms with van der Waals surface area (Å²) in [4.78, 5) is 24.2. The first kappa shape index (κ1) is 18.1. The van der Waals surface area contributed by atoms with Gasteiger partial charge in [-0.25, -0.2) is 0 Å². The molecular weight excluding hydrogens is 371 g/mol. The van der Waals surface area contributed by atoms with E-state index in [1.54, 1.807) is 24.3 Å². The number of hydrogen-bond acceptors (Lipinski definition) is 3. The van der Waals surface area contributed by atoms with Gasteiger partial charge in [-0.15, -0.1) is 0 Å². The number of carbonyl (C=O) groups excluding carboxylic acids is 2. The van der Waals surface area contributed by atoms with Gasteiger partial charge in [0.2, 0.25) is 11.8 Å². The summed E-state index contributed by atoms with van der Waals surface area (Å²) < 4.78 is 38.3. The van der Waals surface area contributed by atoms with Crippen LogP contribution in [0.4, 0.5) is 30.2 Å². The molecule has 0 radical (unpaired) electrons. The number of carbonyl (C=O) groups is 2. The SMILES string of the molecule is O=C(C[C@H]1Nc2ccccc2NC1=O)Nc1cc(C(F)(F)F)ccc1Cl. The van der Waals surface area contributed by atoms with E-state index < -0.39 is 29.6 Å². The van der Waals surface area contributed by atoms with Gasteiger partial charge in [0.1, 0.15) is 6.04 Å². The number of alkyl halides is 3. The summed E-state index contributed by atoms with van der Waals surface area (Å²) >= 11 is 5.85. The van der Waals surface area contributed by atoms with E-state index in [2.05, 4.69) is 16.0 Å². The average molecular weight is 384 g/mol. The molecule has 3 rings (SSSR count). The van der Waals surface area contributed by atoms with Gasteiger partial charge in [0.05, 0.1) is 34.1 Å². The average Bonchev–Trinajstić information content (AvgIpc) is 2.56. The van der Waals surface area contributed by atoms with Crippen molar-refractivity contribution in [1.29, 1.82) is 0 Å². The molecule has 1 aliphatic heterocycles. The van der Waals surface area contributed by atoms with Crippen LogP contribution in [0.5, 0.6) is 0 Å². The van der Waals surface area contributed by atoms with E-state index in [0.29, 0.717) is 11.4 Å². The third-order valence-corrected chi connectivity index (χ3v) is 4.12. The molecule has 0 fully saturated rings. The minimum absolute atomic E-state index is 0.0299. The van der Waals surface area contributed by atoms with Crippen LogP contribution >= 0.6 is 11.6 Å². The van der Waals surface area contributed by atoms with Crippen molar-refractivity contribution in [2.24, 2.45) is 0 Å². The van der Waals surface area contributed by atoms with Crippen molar-refractivity contribution in [3.05, 3.63) is 53.1 Å². The highest BCUT2D eigenvalue weighted by Crippen LogP contribution is 2.34. The first-order chi connectivity index (χ1) is 12.2. The predicted molar refractivity (Wildman–Crippen MR) is 92.2 cm³/mol. The van der Waals surface area contributed by atoms with E-state index >= 15 is 0 Å². The fourth-order valence-corrected chi connectivity index (χ4v) is 2.68. The van der Waals surface area contributed by atoms with Gasteiger partial charge in [-0.3, -0.25) is 9.59 Å². The van der Waals surface area contributed by atoms with Gasteiger partial charge in [0, 0.05) is 0 Å². The maximum Gasteiger partial charge on any atom is 0.416 e. The molecule has 1 aliphatic rings. The van der Waals surface area contributed by atoms with Crippen molar-refractivity contribution < 1.29 is 22.8 Å². The maximum absolute atomic E-state index is 12.8. The second-order valence-electron chi connectivity index (χ2n) is 5.68. The molecule has 2 aromatic carbocycles. The molecule has 1 heterocycles. The fraction of sp³-hybridized carbons (Fsp3) is 0.176. The normalized spacial score (nSPS) is 16.3. The Morgan fingerprint density at radius 2 is 1.85 bits per heavy atom. The van der Waals surface area contributed by atoms with Crippen molar-refractivity contribution >= 4 is 40.5 Å². The van der Waals surface area contributed by atoms with Gasteiger partial charge in [-0.05, 0) is 30.3 Å². The number of fused-ring (bicyclic) bond motifs is 1. The number of para-hydroxylation sites is 2. The molecule has 136 valence electrons. The van der Waals surface area contributed by atoms with Gasteiger partial charge in [-0.1, -0.05) is 23.7 Å². The standard InChI is InChI=1S/C17H13ClF3N3O2/c18-10-6-5-9(17(19,20)21)7-13(10)23-15(25)8-14-16(26)24-12-4-2-1-3-11(12)22-14/h1-7,14,22H,8H2,(H,23,25)(H,24,26)/t14-/m1/s1. The Kier molecular flexibility index (Phi) is 4.78. The lowest BCUT2D eigenvalue weighted by Crippen LogP contribution is -2.41. The quantitative estimate of drug-likeness (QED) is 0.746. The molecular formula is C17H13ClF3N3O2. The number of nitrogens with one attached hydrogen (secondary N) is 3. The summed E-state index contributed by atoms with van der Waals surface area (Å²) in [6.45, 7) is 0. The monoisotopic (exact) mass is 383 g/mol. The van der Waals surface area contributed by atoms with Crippen LogP contribution in [-0.2, 0) is 15.8 Å². The second-order valence-corrected chi connectivity index (χ2v) is 6.08. The van der Waals surface area contributed by atoms with Crippen molar-refractivity contribution in [3.63, 3.8) is 0 Å². The number of anilines is 3. The number of rotatable bonds is 3. The second kappa shape index (κ2) is 6.87. The zero-order valence-corrected chi connectivity index (χ0v) is 13.9. The van der Waals surface area contributed by atoms with E-state index in [1.165, 1.54) is 0 Å². The molecule has 0 bridgehead atoms. The highest BCUT2D eigenvalue weighted by atomic mass is 35.5. The third-order valence-electron chi connectivity index (χ3n) is 3.79. The summed E-state index contributed by atoms with van der Waals surface area (Å²) in [5.41, 5.74) is 0.153. The van der Waals surface area contributed by atoms with Crippen LogP contribution in [0.1, 0.15) is 12.0 Å². The molecule has 0 saturated heterocycles. The third kappa shape index (κ3) is 3.91. The molecule has 2 aromatic rings. The van der Waals surface area contributed by atoms with Gasteiger partial charge < -0.3 is 16.0 Å². The lowest BCUT2D eigenvalue weighted by atomic mass is 10.1. The van der Waals surface area contributed by atoms with Crippen LogP contribution in [0.3, 0.4) is 0 Å². The Balaban J connectivity index is 1.71. The molecule has 2 amide bonds. The molecule has 0 spiro atoms.